The molecule has 0 fully saturated rings. The van der Waals surface area contributed by atoms with Gasteiger partial charge in [-0.1, -0.05) is 78.9 Å². The van der Waals surface area contributed by atoms with Crippen LogP contribution in [0.5, 0.6) is 0 Å². The highest BCUT2D eigenvalue weighted by Gasteiger charge is 2.13. The van der Waals surface area contributed by atoms with E-state index in [1.807, 2.05) is 102 Å². The Morgan fingerprint density at radius 2 is 1.46 bits per heavy atom. The second kappa shape index (κ2) is 10.6. The third-order valence-corrected chi connectivity index (χ3v) is 5.58. The molecule has 0 aliphatic carbocycles. The lowest BCUT2D eigenvalue weighted by Crippen LogP contribution is -2.23. The summed E-state index contributed by atoms with van der Waals surface area (Å²) in [5.74, 6) is 0.554. The maximum absolute atomic E-state index is 12.6. The lowest BCUT2D eigenvalue weighted by atomic mass is 10.1. The fourth-order valence-corrected chi connectivity index (χ4v) is 3.80. The van der Waals surface area contributed by atoms with E-state index < -0.39 is 0 Å². The first-order valence-electron chi connectivity index (χ1n) is 11.6. The van der Waals surface area contributed by atoms with Crippen molar-refractivity contribution in [3.63, 3.8) is 0 Å². The van der Waals surface area contributed by atoms with E-state index in [9.17, 15) is 4.79 Å². The Morgan fingerprint density at radius 1 is 0.800 bits per heavy atom. The van der Waals surface area contributed by atoms with Crippen molar-refractivity contribution in [2.75, 3.05) is 0 Å². The van der Waals surface area contributed by atoms with Crippen LogP contribution in [0.2, 0.25) is 0 Å². The molecule has 0 radical (unpaired) electrons. The van der Waals surface area contributed by atoms with Gasteiger partial charge in [-0.15, -0.1) is 10.2 Å². The molecular weight excluding hydrogens is 438 g/mol. The standard InChI is InChI=1S/C27H25N7O/c35-25(17-10-18-34-31-27(29-32-34)22-13-6-2-7-14-22)28-19-23-20-33(24-15-8-3-9-16-24)30-26(23)21-11-4-1-5-12-21/h1-9,11-16,20H,10,17-19H2,(H,28,35). The lowest BCUT2D eigenvalue weighted by molar-refractivity contribution is -0.121. The zero-order valence-corrected chi connectivity index (χ0v) is 19.2. The maximum Gasteiger partial charge on any atom is 0.220 e. The molecule has 8 nitrogen and oxygen atoms in total. The molecule has 0 atom stereocenters. The molecule has 35 heavy (non-hydrogen) atoms. The highest BCUT2D eigenvalue weighted by Crippen LogP contribution is 2.23. The Bertz CT molecular complexity index is 1380. The minimum Gasteiger partial charge on any atom is -0.352 e. The van der Waals surface area contributed by atoms with E-state index in [2.05, 4.69) is 20.7 Å². The Hall–Kier alpha value is -4.59. The van der Waals surface area contributed by atoms with Gasteiger partial charge in [0.05, 0.1) is 17.9 Å². The summed E-state index contributed by atoms with van der Waals surface area (Å²) in [6.07, 6.45) is 2.96. The normalized spacial score (nSPS) is 10.9. The van der Waals surface area contributed by atoms with Crippen molar-refractivity contribution in [2.24, 2.45) is 0 Å². The molecule has 0 bridgehead atoms. The van der Waals surface area contributed by atoms with Crippen molar-refractivity contribution in [1.82, 2.24) is 35.3 Å². The van der Waals surface area contributed by atoms with Gasteiger partial charge >= 0.3 is 0 Å². The predicted octanol–water partition coefficient (Wildman–Crippen LogP) is 4.29. The van der Waals surface area contributed by atoms with Crippen LogP contribution in [0.1, 0.15) is 18.4 Å². The number of aryl methyl sites for hydroxylation is 1. The van der Waals surface area contributed by atoms with E-state index in [4.69, 9.17) is 5.10 Å². The third kappa shape index (κ3) is 5.50. The topological polar surface area (TPSA) is 90.5 Å². The predicted molar refractivity (Wildman–Crippen MR) is 133 cm³/mol. The van der Waals surface area contributed by atoms with Gasteiger partial charge < -0.3 is 5.32 Å². The summed E-state index contributed by atoms with van der Waals surface area (Å²) >= 11 is 0. The number of nitrogens with zero attached hydrogens (tertiary/aromatic N) is 6. The first kappa shape index (κ1) is 22.2. The van der Waals surface area contributed by atoms with Gasteiger partial charge in [0.25, 0.3) is 0 Å². The summed E-state index contributed by atoms with van der Waals surface area (Å²) in [5.41, 5.74) is 4.71. The van der Waals surface area contributed by atoms with Crippen molar-refractivity contribution in [3.05, 3.63) is 103 Å². The van der Waals surface area contributed by atoms with Crippen molar-refractivity contribution in [3.8, 4) is 28.3 Å². The van der Waals surface area contributed by atoms with Gasteiger partial charge in [0.2, 0.25) is 11.7 Å². The molecule has 1 N–H and O–H groups in total. The van der Waals surface area contributed by atoms with Crippen LogP contribution in [0.3, 0.4) is 0 Å². The van der Waals surface area contributed by atoms with Gasteiger partial charge in [-0.25, -0.2) is 4.68 Å². The number of hydrogen-bond acceptors (Lipinski definition) is 5. The molecule has 5 rings (SSSR count). The third-order valence-electron chi connectivity index (χ3n) is 5.58. The number of nitrogens with one attached hydrogen (secondary N) is 1. The second-order valence-corrected chi connectivity index (χ2v) is 8.10. The molecule has 2 heterocycles. The van der Waals surface area contributed by atoms with Crippen LogP contribution in [0.4, 0.5) is 0 Å². The van der Waals surface area contributed by atoms with Gasteiger partial charge in [-0.05, 0) is 23.8 Å². The van der Waals surface area contributed by atoms with Gasteiger partial charge in [0.1, 0.15) is 0 Å². The smallest absolute Gasteiger partial charge is 0.220 e. The summed E-state index contributed by atoms with van der Waals surface area (Å²) in [6, 6.07) is 29.7. The van der Waals surface area contributed by atoms with Crippen molar-refractivity contribution < 1.29 is 4.79 Å². The fraction of sp³-hybridized carbons (Fsp3) is 0.148. The Balaban J connectivity index is 1.19. The zero-order valence-electron chi connectivity index (χ0n) is 19.2. The molecule has 3 aromatic carbocycles. The highest BCUT2D eigenvalue weighted by molar-refractivity contribution is 5.76. The summed E-state index contributed by atoms with van der Waals surface area (Å²) < 4.78 is 1.85. The first-order valence-corrected chi connectivity index (χ1v) is 11.6. The summed E-state index contributed by atoms with van der Waals surface area (Å²) in [4.78, 5) is 14.1. The molecule has 0 aliphatic rings. The monoisotopic (exact) mass is 463 g/mol. The van der Waals surface area contributed by atoms with Crippen LogP contribution in [0, 0.1) is 0 Å². The molecule has 1 amide bonds. The van der Waals surface area contributed by atoms with Crippen LogP contribution < -0.4 is 5.32 Å². The molecule has 0 saturated carbocycles. The van der Waals surface area contributed by atoms with Gasteiger partial charge in [-0.2, -0.15) is 9.90 Å². The Kier molecular flexibility index (Phi) is 6.70. The van der Waals surface area contributed by atoms with Crippen molar-refractivity contribution >= 4 is 5.91 Å². The average Bonchev–Trinajstić information content (AvgIpc) is 3.57. The quantitative estimate of drug-likeness (QED) is 0.352. The minimum atomic E-state index is -0.0279. The van der Waals surface area contributed by atoms with Crippen molar-refractivity contribution in [2.45, 2.75) is 25.9 Å². The molecule has 0 spiro atoms. The molecule has 0 unspecified atom stereocenters. The van der Waals surface area contributed by atoms with E-state index in [0.717, 1.165) is 28.1 Å². The van der Waals surface area contributed by atoms with E-state index in [1.54, 1.807) is 0 Å². The lowest BCUT2D eigenvalue weighted by Gasteiger charge is -2.05. The van der Waals surface area contributed by atoms with E-state index in [-0.39, 0.29) is 5.91 Å². The van der Waals surface area contributed by atoms with E-state index in [1.165, 1.54) is 4.80 Å². The SMILES string of the molecule is O=C(CCCn1nnc(-c2ccccc2)n1)NCc1cn(-c2ccccc2)nc1-c1ccccc1. The first-order chi connectivity index (χ1) is 17.3. The molecule has 2 aromatic heterocycles. The van der Waals surface area contributed by atoms with Crippen molar-refractivity contribution in [1.29, 1.82) is 0 Å². The number of para-hydroxylation sites is 1. The fourth-order valence-electron chi connectivity index (χ4n) is 3.80. The number of benzene rings is 3. The number of carbonyl (C=O) groups excluding carboxylic acids is 1. The minimum absolute atomic E-state index is 0.0279. The molecule has 0 saturated heterocycles. The van der Waals surface area contributed by atoms with E-state index >= 15 is 0 Å². The van der Waals surface area contributed by atoms with Crippen LogP contribution in [-0.2, 0) is 17.9 Å². The van der Waals surface area contributed by atoms with Crippen LogP contribution in [0.15, 0.2) is 97.2 Å². The second-order valence-electron chi connectivity index (χ2n) is 8.10. The number of amides is 1. The molecule has 0 aliphatic heterocycles. The summed E-state index contributed by atoms with van der Waals surface area (Å²) in [5, 5.41) is 20.4. The Morgan fingerprint density at radius 3 is 2.17 bits per heavy atom. The van der Waals surface area contributed by atoms with Crippen LogP contribution in [0.25, 0.3) is 28.3 Å². The van der Waals surface area contributed by atoms with Gasteiger partial charge in [0.15, 0.2) is 0 Å². The van der Waals surface area contributed by atoms with Crippen LogP contribution >= 0.6 is 0 Å². The number of hydrogen-bond donors (Lipinski definition) is 1. The number of tetrazole rings is 1. The maximum atomic E-state index is 12.6. The zero-order chi connectivity index (χ0) is 23.9. The molecule has 174 valence electrons. The molecular formula is C27H25N7O. The number of carbonyl (C=O) groups is 1. The highest BCUT2D eigenvalue weighted by atomic mass is 16.1. The van der Waals surface area contributed by atoms with Crippen LogP contribution in [-0.4, -0.2) is 35.9 Å². The summed E-state index contributed by atoms with van der Waals surface area (Å²) in [6.45, 7) is 0.921. The number of rotatable bonds is 9. The van der Waals surface area contributed by atoms with Gasteiger partial charge in [-0.3, -0.25) is 4.79 Å². The Labute approximate surface area is 203 Å². The van der Waals surface area contributed by atoms with Gasteiger partial charge in [0, 0.05) is 35.9 Å². The summed E-state index contributed by atoms with van der Waals surface area (Å²) in [7, 11) is 0. The molecule has 5 aromatic rings. The average molecular weight is 464 g/mol. The number of aromatic nitrogens is 6. The van der Waals surface area contributed by atoms with E-state index in [0.29, 0.717) is 31.8 Å². The largest absolute Gasteiger partial charge is 0.352 e. The molecule has 8 heteroatoms.